The number of hydrogen-bond donors (Lipinski definition) is 1. The summed E-state index contributed by atoms with van der Waals surface area (Å²) in [5.41, 5.74) is 9.36. The van der Waals surface area contributed by atoms with Gasteiger partial charge in [-0.2, -0.15) is 0 Å². The van der Waals surface area contributed by atoms with Gasteiger partial charge in [-0.1, -0.05) is 26.2 Å². The van der Waals surface area contributed by atoms with Crippen molar-refractivity contribution in [3.63, 3.8) is 0 Å². The number of anilines is 1. The van der Waals surface area contributed by atoms with E-state index in [1.807, 2.05) is 6.07 Å². The lowest BCUT2D eigenvalue weighted by molar-refractivity contribution is 0.651. The first kappa shape index (κ1) is 12.0. The normalized spacial score (nSPS) is 11.2. The molecule has 2 N–H and O–H groups in total. The Morgan fingerprint density at radius 3 is 2.71 bits per heavy atom. The summed E-state index contributed by atoms with van der Waals surface area (Å²) < 4.78 is 2.29. The second-order valence-corrected chi connectivity index (χ2v) is 4.82. The maximum atomic E-state index is 5.81. The molecule has 1 aromatic carbocycles. The molecular formula is C15H22N2. The minimum Gasteiger partial charge on any atom is -0.399 e. The van der Waals surface area contributed by atoms with Crippen molar-refractivity contribution in [2.24, 2.45) is 7.05 Å². The largest absolute Gasteiger partial charge is 0.399 e. The first-order valence-electron chi connectivity index (χ1n) is 6.56. The van der Waals surface area contributed by atoms with Crippen LogP contribution in [0.25, 0.3) is 10.9 Å². The number of nitrogen functional groups attached to an aromatic ring is 1. The van der Waals surface area contributed by atoms with Crippen molar-refractivity contribution in [3.8, 4) is 0 Å². The zero-order valence-corrected chi connectivity index (χ0v) is 10.9. The van der Waals surface area contributed by atoms with Crippen molar-refractivity contribution < 1.29 is 0 Å². The molecular weight excluding hydrogens is 208 g/mol. The summed E-state index contributed by atoms with van der Waals surface area (Å²) in [6.07, 6.45) is 6.43. The van der Waals surface area contributed by atoms with E-state index in [-0.39, 0.29) is 0 Å². The fraction of sp³-hybridized carbons (Fsp3) is 0.467. The molecule has 0 spiro atoms. The van der Waals surface area contributed by atoms with Gasteiger partial charge in [-0.25, -0.2) is 0 Å². The number of rotatable bonds is 5. The van der Waals surface area contributed by atoms with Gasteiger partial charge in [-0.15, -0.1) is 0 Å². The summed E-state index contributed by atoms with van der Waals surface area (Å²) in [5.74, 6) is 0. The summed E-state index contributed by atoms with van der Waals surface area (Å²) >= 11 is 0. The third-order valence-corrected chi connectivity index (χ3v) is 3.45. The molecule has 0 amide bonds. The van der Waals surface area contributed by atoms with Gasteiger partial charge >= 0.3 is 0 Å². The van der Waals surface area contributed by atoms with E-state index in [0.717, 1.165) is 5.69 Å². The summed E-state index contributed by atoms with van der Waals surface area (Å²) in [4.78, 5) is 0. The molecule has 1 heterocycles. The third-order valence-electron chi connectivity index (χ3n) is 3.45. The quantitative estimate of drug-likeness (QED) is 0.613. The average Bonchev–Trinajstić information content (AvgIpc) is 2.61. The number of benzene rings is 1. The number of nitrogens with two attached hydrogens (primary N) is 1. The van der Waals surface area contributed by atoms with E-state index in [0.29, 0.717) is 0 Å². The predicted molar refractivity (Wildman–Crippen MR) is 75.2 cm³/mol. The van der Waals surface area contributed by atoms with E-state index in [2.05, 4.69) is 36.7 Å². The monoisotopic (exact) mass is 230 g/mol. The first-order chi connectivity index (χ1) is 8.22. The van der Waals surface area contributed by atoms with E-state index < -0.39 is 0 Å². The molecule has 0 unspecified atom stereocenters. The molecule has 2 rings (SSSR count). The molecule has 0 saturated carbocycles. The molecule has 0 bridgehead atoms. The van der Waals surface area contributed by atoms with Gasteiger partial charge in [0.15, 0.2) is 0 Å². The highest BCUT2D eigenvalue weighted by Gasteiger charge is 2.05. The van der Waals surface area contributed by atoms with Crippen molar-refractivity contribution >= 4 is 16.6 Å². The molecule has 0 saturated heterocycles. The van der Waals surface area contributed by atoms with Crippen molar-refractivity contribution in [2.45, 2.75) is 39.0 Å². The summed E-state index contributed by atoms with van der Waals surface area (Å²) in [5, 5.41) is 1.26. The maximum absolute atomic E-state index is 5.81. The van der Waals surface area contributed by atoms with Crippen LogP contribution in [0.15, 0.2) is 24.3 Å². The first-order valence-corrected chi connectivity index (χ1v) is 6.56. The van der Waals surface area contributed by atoms with Gasteiger partial charge in [0, 0.05) is 29.3 Å². The highest BCUT2D eigenvalue weighted by Crippen LogP contribution is 2.22. The van der Waals surface area contributed by atoms with Crippen LogP contribution in [0.5, 0.6) is 0 Å². The lowest BCUT2D eigenvalue weighted by atomic mass is 10.1. The van der Waals surface area contributed by atoms with Crippen LogP contribution >= 0.6 is 0 Å². The van der Waals surface area contributed by atoms with Crippen LogP contribution in [0.4, 0.5) is 5.69 Å². The summed E-state index contributed by atoms with van der Waals surface area (Å²) in [6.45, 7) is 2.25. The topological polar surface area (TPSA) is 30.9 Å². The van der Waals surface area contributed by atoms with Gasteiger partial charge in [0.05, 0.1) is 0 Å². The van der Waals surface area contributed by atoms with Gasteiger partial charge in [0.1, 0.15) is 0 Å². The van der Waals surface area contributed by atoms with E-state index in [4.69, 9.17) is 5.73 Å². The fourth-order valence-corrected chi connectivity index (χ4v) is 2.40. The van der Waals surface area contributed by atoms with Gasteiger partial charge < -0.3 is 10.3 Å². The van der Waals surface area contributed by atoms with E-state index >= 15 is 0 Å². The van der Waals surface area contributed by atoms with Gasteiger partial charge in [0.25, 0.3) is 0 Å². The smallest absolute Gasteiger partial charge is 0.0481 e. The Bertz CT molecular complexity index is 497. The predicted octanol–water partition coefficient (Wildman–Crippen LogP) is 3.88. The molecule has 0 atom stereocenters. The van der Waals surface area contributed by atoms with Crippen LogP contribution in [-0.2, 0) is 13.5 Å². The lowest BCUT2D eigenvalue weighted by Gasteiger charge is -2.04. The molecule has 2 nitrogen and oxygen atoms in total. The van der Waals surface area contributed by atoms with Gasteiger partial charge in [-0.3, -0.25) is 0 Å². The molecule has 2 aromatic rings. The summed E-state index contributed by atoms with van der Waals surface area (Å²) in [6, 6.07) is 8.42. The van der Waals surface area contributed by atoms with Crippen LogP contribution < -0.4 is 5.73 Å². The molecule has 0 aliphatic rings. The van der Waals surface area contributed by atoms with Gasteiger partial charge in [-0.05, 0) is 37.1 Å². The third kappa shape index (κ3) is 2.63. The molecule has 1 aromatic heterocycles. The van der Waals surface area contributed by atoms with Crippen molar-refractivity contribution in [1.82, 2.24) is 4.57 Å². The van der Waals surface area contributed by atoms with Crippen LogP contribution in [0.3, 0.4) is 0 Å². The molecule has 2 heteroatoms. The number of nitrogens with zero attached hydrogens (tertiary/aromatic N) is 1. The van der Waals surface area contributed by atoms with Crippen LogP contribution in [0.2, 0.25) is 0 Å². The fourth-order valence-electron chi connectivity index (χ4n) is 2.40. The number of unbranched alkanes of at least 4 members (excludes halogenated alkanes) is 3. The van der Waals surface area contributed by atoms with Crippen LogP contribution in [0, 0.1) is 0 Å². The Morgan fingerprint density at radius 1 is 1.12 bits per heavy atom. The Morgan fingerprint density at radius 2 is 1.94 bits per heavy atom. The van der Waals surface area contributed by atoms with Crippen molar-refractivity contribution in [3.05, 3.63) is 30.0 Å². The minimum absolute atomic E-state index is 0.848. The molecule has 0 radical (unpaired) electrons. The number of aryl methyl sites for hydroxylation is 2. The van der Waals surface area contributed by atoms with Crippen molar-refractivity contribution in [2.75, 3.05) is 5.73 Å². The molecule has 0 aliphatic carbocycles. The Balaban J connectivity index is 2.15. The maximum Gasteiger partial charge on any atom is 0.0481 e. The SMILES string of the molecule is CCCCCCc1cc2cc(N)ccc2n1C. The lowest BCUT2D eigenvalue weighted by Crippen LogP contribution is -1.96. The van der Waals surface area contributed by atoms with Gasteiger partial charge in [0.2, 0.25) is 0 Å². The second kappa shape index (κ2) is 5.26. The molecule has 17 heavy (non-hydrogen) atoms. The standard InChI is InChI=1S/C15H22N2/c1-3-4-5-6-7-14-11-12-10-13(16)8-9-15(12)17(14)2/h8-11H,3-7,16H2,1-2H3. The number of aromatic nitrogens is 1. The van der Waals surface area contributed by atoms with E-state index in [1.54, 1.807) is 0 Å². The Kier molecular flexibility index (Phi) is 3.72. The van der Waals surface area contributed by atoms with Crippen molar-refractivity contribution in [1.29, 1.82) is 0 Å². The number of hydrogen-bond acceptors (Lipinski definition) is 1. The second-order valence-electron chi connectivity index (χ2n) is 4.82. The zero-order valence-electron chi connectivity index (χ0n) is 10.9. The Hall–Kier alpha value is -1.44. The van der Waals surface area contributed by atoms with Crippen LogP contribution in [0.1, 0.15) is 38.3 Å². The Labute approximate surface area is 103 Å². The summed E-state index contributed by atoms with van der Waals surface area (Å²) in [7, 11) is 2.15. The molecule has 92 valence electrons. The minimum atomic E-state index is 0.848. The van der Waals surface area contributed by atoms with E-state index in [9.17, 15) is 0 Å². The molecule has 0 fully saturated rings. The number of fused-ring (bicyclic) bond motifs is 1. The average molecular weight is 230 g/mol. The van der Waals surface area contributed by atoms with Crippen LogP contribution in [-0.4, -0.2) is 4.57 Å². The zero-order chi connectivity index (χ0) is 12.3. The highest BCUT2D eigenvalue weighted by atomic mass is 14.9. The van der Waals surface area contributed by atoms with E-state index in [1.165, 1.54) is 48.7 Å². The molecule has 0 aliphatic heterocycles. The highest BCUT2D eigenvalue weighted by molar-refractivity contribution is 5.84.